The molecule has 1 aromatic rings. The molecular formula is C16H16F3NO6. The van der Waals surface area contributed by atoms with Crippen LogP contribution in [0.15, 0.2) is 24.3 Å². The van der Waals surface area contributed by atoms with Crippen molar-refractivity contribution in [1.29, 1.82) is 0 Å². The number of halogens is 3. The maximum Gasteiger partial charge on any atom is 0.416 e. The van der Waals surface area contributed by atoms with Gasteiger partial charge in [0, 0.05) is 13.8 Å². The first kappa shape index (κ1) is 19.5. The Balaban J connectivity index is 2.30. The first-order chi connectivity index (χ1) is 11.9. The van der Waals surface area contributed by atoms with Gasteiger partial charge in [-0.15, -0.1) is 0 Å². The zero-order valence-electron chi connectivity index (χ0n) is 13.8. The summed E-state index contributed by atoms with van der Waals surface area (Å²) in [6.45, 7) is 2.69. The number of alkyl halides is 3. The highest BCUT2D eigenvalue weighted by Crippen LogP contribution is 2.33. The van der Waals surface area contributed by atoms with Gasteiger partial charge >= 0.3 is 24.2 Å². The molecule has 26 heavy (non-hydrogen) atoms. The van der Waals surface area contributed by atoms with Crippen molar-refractivity contribution in [2.24, 2.45) is 5.92 Å². The van der Waals surface area contributed by atoms with Crippen LogP contribution in [0.5, 0.6) is 0 Å². The molecular weight excluding hydrogens is 359 g/mol. The fourth-order valence-corrected chi connectivity index (χ4v) is 2.53. The van der Waals surface area contributed by atoms with Gasteiger partial charge in [-0.2, -0.15) is 13.2 Å². The fourth-order valence-electron chi connectivity index (χ4n) is 2.53. The lowest BCUT2D eigenvalue weighted by atomic mass is 9.93. The van der Waals surface area contributed by atoms with Gasteiger partial charge in [0.2, 0.25) is 0 Å². The van der Waals surface area contributed by atoms with Gasteiger partial charge in [0.1, 0.15) is 0 Å². The van der Waals surface area contributed by atoms with E-state index in [1.165, 1.54) is 19.9 Å². The third kappa shape index (κ3) is 4.64. The number of amides is 1. The standard InChI is InChI=1S/C16H16F3NO6/c1-15(2)25-12(21)10(13(22)26-15)7-11(20-14(23)24)8-4-3-5-9(6-8)16(17,18)19/h3-6,10-11,20H,7H2,1-2H3,(H,23,24)/t11-/m1/s1. The van der Waals surface area contributed by atoms with Crippen molar-refractivity contribution in [2.75, 3.05) is 0 Å². The Morgan fingerprint density at radius 3 is 2.35 bits per heavy atom. The minimum atomic E-state index is -4.63. The maximum absolute atomic E-state index is 12.9. The highest BCUT2D eigenvalue weighted by atomic mass is 19.4. The van der Waals surface area contributed by atoms with Crippen molar-refractivity contribution in [2.45, 2.75) is 38.3 Å². The lowest BCUT2D eigenvalue weighted by Crippen LogP contribution is -2.47. The molecule has 0 radical (unpaired) electrons. The van der Waals surface area contributed by atoms with Gasteiger partial charge in [-0.3, -0.25) is 9.59 Å². The monoisotopic (exact) mass is 375 g/mol. The van der Waals surface area contributed by atoms with E-state index in [2.05, 4.69) is 0 Å². The van der Waals surface area contributed by atoms with Gasteiger partial charge in [-0.1, -0.05) is 12.1 Å². The molecule has 0 aliphatic carbocycles. The third-order valence-corrected chi connectivity index (χ3v) is 3.65. The first-order valence-corrected chi connectivity index (χ1v) is 7.51. The minimum Gasteiger partial charge on any atom is -0.465 e. The molecule has 1 amide bonds. The molecule has 1 fully saturated rings. The second kappa shape index (κ2) is 6.85. The molecule has 142 valence electrons. The summed E-state index contributed by atoms with van der Waals surface area (Å²) < 4.78 is 48.5. The predicted molar refractivity (Wildman–Crippen MR) is 79.7 cm³/mol. The van der Waals surface area contributed by atoms with Crippen molar-refractivity contribution in [3.8, 4) is 0 Å². The first-order valence-electron chi connectivity index (χ1n) is 7.51. The van der Waals surface area contributed by atoms with Gasteiger partial charge < -0.3 is 19.9 Å². The number of hydrogen-bond donors (Lipinski definition) is 2. The van der Waals surface area contributed by atoms with E-state index in [-0.39, 0.29) is 5.56 Å². The van der Waals surface area contributed by atoms with Gasteiger partial charge in [0.15, 0.2) is 5.92 Å². The van der Waals surface area contributed by atoms with Gasteiger partial charge in [0.05, 0.1) is 11.6 Å². The molecule has 0 aromatic heterocycles. The summed E-state index contributed by atoms with van der Waals surface area (Å²) in [7, 11) is 0. The summed E-state index contributed by atoms with van der Waals surface area (Å²) in [5.41, 5.74) is -1.03. The van der Waals surface area contributed by atoms with Crippen LogP contribution in [0, 0.1) is 5.92 Å². The Hall–Kier alpha value is -2.78. The summed E-state index contributed by atoms with van der Waals surface area (Å²) in [6, 6.07) is 2.70. The Morgan fingerprint density at radius 2 is 1.85 bits per heavy atom. The smallest absolute Gasteiger partial charge is 0.416 e. The highest BCUT2D eigenvalue weighted by Gasteiger charge is 2.44. The Morgan fingerprint density at radius 1 is 1.27 bits per heavy atom. The Labute approximate surface area is 146 Å². The van der Waals surface area contributed by atoms with Crippen molar-refractivity contribution < 1.29 is 42.1 Å². The van der Waals surface area contributed by atoms with Crippen molar-refractivity contribution in [3.63, 3.8) is 0 Å². The van der Waals surface area contributed by atoms with Crippen LogP contribution in [-0.2, 0) is 25.2 Å². The van der Waals surface area contributed by atoms with Gasteiger partial charge in [-0.05, 0) is 24.1 Å². The Kier molecular flexibility index (Phi) is 5.15. The van der Waals surface area contributed by atoms with Crippen LogP contribution in [0.4, 0.5) is 18.0 Å². The fraction of sp³-hybridized carbons (Fsp3) is 0.438. The molecule has 7 nitrogen and oxygen atoms in total. The number of carbonyl (C=O) groups excluding carboxylic acids is 2. The van der Waals surface area contributed by atoms with E-state index >= 15 is 0 Å². The Bertz CT molecular complexity index is 711. The van der Waals surface area contributed by atoms with Gasteiger partial charge in [-0.25, -0.2) is 4.79 Å². The quantitative estimate of drug-likeness (QED) is 0.620. The minimum absolute atomic E-state index is 0.0485. The van der Waals surface area contributed by atoms with E-state index in [4.69, 9.17) is 14.6 Å². The second-order valence-electron chi connectivity index (χ2n) is 6.16. The number of carboxylic acid groups (broad SMARTS) is 1. The summed E-state index contributed by atoms with van der Waals surface area (Å²) in [6.07, 6.45) is -6.59. The molecule has 1 aliphatic heterocycles. The van der Waals surface area contributed by atoms with Crippen molar-refractivity contribution in [3.05, 3.63) is 35.4 Å². The molecule has 0 unspecified atom stereocenters. The van der Waals surface area contributed by atoms with E-state index in [1.807, 2.05) is 5.32 Å². The highest BCUT2D eigenvalue weighted by molar-refractivity contribution is 5.96. The third-order valence-electron chi connectivity index (χ3n) is 3.65. The number of cyclic esters (lactones) is 2. The van der Waals surface area contributed by atoms with Crippen LogP contribution in [0.25, 0.3) is 0 Å². The average molecular weight is 375 g/mol. The SMILES string of the molecule is CC1(C)OC(=O)C(C[C@@H](NC(=O)O)c2cccc(C(F)(F)F)c2)C(=O)O1. The number of carbonyl (C=O) groups is 3. The second-order valence-corrected chi connectivity index (χ2v) is 6.16. The van der Waals surface area contributed by atoms with Crippen LogP contribution in [0.2, 0.25) is 0 Å². The van der Waals surface area contributed by atoms with Crippen LogP contribution >= 0.6 is 0 Å². The lowest BCUT2D eigenvalue weighted by molar-refractivity contribution is -0.240. The number of esters is 2. The molecule has 10 heteroatoms. The lowest BCUT2D eigenvalue weighted by Gasteiger charge is -2.34. The van der Waals surface area contributed by atoms with E-state index in [9.17, 15) is 27.6 Å². The molecule has 1 aromatic carbocycles. The summed E-state index contributed by atoms with van der Waals surface area (Å²) in [5.74, 6) is -4.79. The van der Waals surface area contributed by atoms with E-state index < -0.39 is 53.9 Å². The van der Waals surface area contributed by atoms with E-state index in [0.717, 1.165) is 18.2 Å². The molecule has 0 saturated carbocycles. The molecule has 1 atom stereocenters. The molecule has 1 saturated heterocycles. The zero-order chi connectivity index (χ0) is 19.7. The normalized spacial score (nSPS) is 18.7. The predicted octanol–water partition coefficient (Wildman–Crippen LogP) is 2.86. The van der Waals surface area contributed by atoms with Crippen LogP contribution in [-0.4, -0.2) is 28.9 Å². The largest absolute Gasteiger partial charge is 0.465 e. The maximum atomic E-state index is 12.9. The molecule has 1 aliphatic rings. The molecule has 2 rings (SSSR count). The number of nitrogens with one attached hydrogen (secondary N) is 1. The van der Waals surface area contributed by atoms with Crippen molar-refractivity contribution in [1.82, 2.24) is 5.32 Å². The molecule has 0 spiro atoms. The van der Waals surface area contributed by atoms with E-state index in [1.54, 1.807) is 0 Å². The topological polar surface area (TPSA) is 102 Å². The molecule has 0 bridgehead atoms. The van der Waals surface area contributed by atoms with Gasteiger partial charge in [0.25, 0.3) is 5.79 Å². The molecule has 1 heterocycles. The molecule has 2 N–H and O–H groups in total. The number of benzene rings is 1. The zero-order valence-corrected chi connectivity index (χ0v) is 13.8. The van der Waals surface area contributed by atoms with Crippen LogP contribution in [0.1, 0.15) is 37.4 Å². The van der Waals surface area contributed by atoms with Crippen molar-refractivity contribution >= 4 is 18.0 Å². The summed E-state index contributed by atoms with van der Waals surface area (Å²) in [5, 5.41) is 11.0. The van der Waals surface area contributed by atoms with Crippen LogP contribution < -0.4 is 5.32 Å². The average Bonchev–Trinajstić information content (AvgIpc) is 2.47. The summed E-state index contributed by atoms with van der Waals surface area (Å²) in [4.78, 5) is 35.0. The van der Waals surface area contributed by atoms with Crippen LogP contribution in [0.3, 0.4) is 0 Å². The number of hydrogen-bond acceptors (Lipinski definition) is 5. The summed E-state index contributed by atoms with van der Waals surface area (Å²) >= 11 is 0. The van der Waals surface area contributed by atoms with E-state index in [0.29, 0.717) is 0 Å². The number of rotatable bonds is 4. The number of ether oxygens (including phenoxy) is 2.